The Balaban J connectivity index is 2.44. The molecule has 0 fully saturated rings. The molecule has 0 spiro atoms. The Hall–Kier alpha value is -0.640. The van der Waals surface area contributed by atoms with Crippen molar-refractivity contribution in [1.29, 1.82) is 0 Å². The lowest BCUT2D eigenvalue weighted by molar-refractivity contribution is 0.108. The van der Waals surface area contributed by atoms with Gasteiger partial charge in [0.25, 0.3) is 0 Å². The van der Waals surface area contributed by atoms with Gasteiger partial charge in [0, 0.05) is 11.1 Å². The predicted molar refractivity (Wildman–Crippen MR) is 56.3 cm³/mol. The van der Waals surface area contributed by atoms with Crippen molar-refractivity contribution in [2.45, 2.75) is 12.5 Å². The number of hydrogen-bond acceptors (Lipinski definition) is 3. The molecule has 3 heteroatoms. The van der Waals surface area contributed by atoms with Crippen molar-refractivity contribution in [3.8, 4) is 9.75 Å². The summed E-state index contributed by atoms with van der Waals surface area (Å²) in [6.07, 6.45) is 0. The molecule has 2 aromatic heterocycles. The minimum atomic E-state index is -0.759. The van der Waals surface area contributed by atoms with E-state index in [1.165, 1.54) is 9.75 Å². The van der Waals surface area contributed by atoms with Crippen molar-refractivity contribution >= 4 is 22.7 Å². The van der Waals surface area contributed by atoms with E-state index in [0.717, 1.165) is 11.1 Å². The van der Waals surface area contributed by atoms with Gasteiger partial charge in [-0.25, -0.2) is 0 Å². The van der Waals surface area contributed by atoms with Gasteiger partial charge in [0.1, 0.15) is 5.60 Å². The molecule has 0 saturated heterocycles. The summed E-state index contributed by atoms with van der Waals surface area (Å²) in [5, 5.41) is 14.4. The molecule has 1 aliphatic carbocycles. The first kappa shape index (κ1) is 7.74. The van der Waals surface area contributed by atoms with Crippen molar-refractivity contribution in [3.63, 3.8) is 0 Å². The minimum Gasteiger partial charge on any atom is -0.381 e. The first-order valence-corrected chi connectivity index (χ1v) is 5.86. The Morgan fingerprint density at radius 2 is 1.54 bits per heavy atom. The molecule has 0 unspecified atom stereocenters. The third kappa shape index (κ3) is 0.796. The second-order valence-corrected chi connectivity index (χ2v) is 5.23. The zero-order chi connectivity index (χ0) is 9.05. The maximum Gasteiger partial charge on any atom is 0.115 e. The van der Waals surface area contributed by atoms with Crippen molar-refractivity contribution in [2.75, 3.05) is 0 Å². The normalized spacial score (nSPS) is 17.1. The van der Waals surface area contributed by atoms with Gasteiger partial charge in [-0.1, -0.05) is 0 Å². The topological polar surface area (TPSA) is 20.2 Å². The van der Waals surface area contributed by atoms with Crippen LogP contribution in [-0.4, -0.2) is 5.11 Å². The lowest BCUT2D eigenvalue weighted by Crippen LogP contribution is -2.17. The second-order valence-electron chi connectivity index (χ2n) is 3.40. The summed E-state index contributed by atoms with van der Waals surface area (Å²) < 4.78 is 0. The summed E-state index contributed by atoms with van der Waals surface area (Å²) in [4.78, 5) is 2.49. The van der Waals surface area contributed by atoms with E-state index in [1.54, 1.807) is 22.7 Å². The number of hydrogen-bond donors (Lipinski definition) is 1. The standard InChI is InChI=1S/C10H8OS2/c1-10(11)6-2-4-12-8(6)9-7(10)3-5-13-9/h2-5,11H,1H3. The highest BCUT2D eigenvalue weighted by Crippen LogP contribution is 2.52. The van der Waals surface area contributed by atoms with Gasteiger partial charge in [0.15, 0.2) is 0 Å². The average Bonchev–Trinajstić information content (AvgIpc) is 2.74. The van der Waals surface area contributed by atoms with Crippen LogP contribution in [0.4, 0.5) is 0 Å². The van der Waals surface area contributed by atoms with E-state index >= 15 is 0 Å². The SMILES string of the molecule is CC1(O)c2ccsc2-c2sccc21. The molecule has 66 valence electrons. The molecule has 0 aromatic carbocycles. The van der Waals surface area contributed by atoms with Gasteiger partial charge in [0.05, 0.1) is 9.75 Å². The van der Waals surface area contributed by atoms with Gasteiger partial charge in [-0.3, -0.25) is 0 Å². The predicted octanol–water partition coefficient (Wildman–Crippen LogP) is 3.05. The van der Waals surface area contributed by atoms with Crippen molar-refractivity contribution < 1.29 is 5.11 Å². The monoisotopic (exact) mass is 208 g/mol. The summed E-state index contributed by atoms with van der Waals surface area (Å²) in [6, 6.07) is 4.04. The minimum absolute atomic E-state index is 0.759. The summed E-state index contributed by atoms with van der Waals surface area (Å²) in [7, 11) is 0. The molecular formula is C10H8OS2. The Bertz CT molecular complexity index is 422. The van der Waals surface area contributed by atoms with Crippen LogP contribution in [0.15, 0.2) is 22.9 Å². The van der Waals surface area contributed by atoms with E-state index in [1.807, 2.05) is 29.8 Å². The van der Waals surface area contributed by atoms with Crippen LogP contribution in [0.3, 0.4) is 0 Å². The van der Waals surface area contributed by atoms with E-state index in [0.29, 0.717) is 0 Å². The molecule has 0 amide bonds. The van der Waals surface area contributed by atoms with E-state index in [2.05, 4.69) is 0 Å². The number of rotatable bonds is 0. The van der Waals surface area contributed by atoms with Gasteiger partial charge in [-0.2, -0.15) is 0 Å². The van der Waals surface area contributed by atoms with Crippen molar-refractivity contribution in [2.24, 2.45) is 0 Å². The number of thiophene rings is 2. The summed E-state index contributed by atoms with van der Waals surface area (Å²) >= 11 is 3.42. The van der Waals surface area contributed by atoms with Crippen LogP contribution in [0.1, 0.15) is 18.1 Å². The fourth-order valence-corrected chi connectivity index (χ4v) is 4.07. The molecule has 0 saturated carbocycles. The molecule has 1 aliphatic rings. The largest absolute Gasteiger partial charge is 0.381 e. The van der Waals surface area contributed by atoms with Crippen LogP contribution in [0, 0.1) is 0 Å². The highest BCUT2D eigenvalue weighted by atomic mass is 32.1. The van der Waals surface area contributed by atoms with E-state index < -0.39 is 5.60 Å². The molecule has 2 heterocycles. The maximum absolute atomic E-state index is 10.3. The quantitative estimate of drug-likeness (QED) is 0.705. The molecular weight excluding hydrogens is 200 g/mol. The van der Waals surface area contributed by atoms with Gasteiger partial charge in [0.2, 0.25) is 0 Å². The third-order valence-corrected chi connectivity index (χ3v) is 4.58. The zero-order valence-corrected chi connectivity index (χ0v) is 8.71. The van der Waals surface area contributed by atoms with Gasteiger partial charge in [-0.15, -0.1) is 22.7 Å². The first-order valence-electron chi connectivity index (χ1n) is 4.10. The van der Waals surface area contributed by atoms with Crippen LogP contribution < -0.4 is 0 Å². The fourth-order valence-electron chi connectivity index (χ4n) is 1.88. The number of aliphatic hydroxyl groups is 1. The van der Waals surface area contributed by atoms with Gasteiger partial charge < -0.3 is 5.11 Å². The fraction of sp³-hybridized carbons (Fsp3) is 0.200. The molecule has 2 aromatic rings. The lowest BCUT2D eigenvalue weighted by Gasteiger charge is -2.16. The molecule has 13 heavy (non-hydrogen) atoms. The van der Waals surface area contributed by atoms with Crippen LogP contribution in [0.5, 0.6) is 0 Å². The zero-order valence-electron chi connectivity index (χ0n) is 7.07. The molecule has 0 atom stereocenters. The maximum atomic E-state index is 10.3. The van der Waals surface area contributed by atoms with E-state index in [-0.39, 0.29) is 0 Å². The average molecular weight is 208 g/mol. The molecule has 0 radical (unpaired) electrons. The Kier molecular flexibility index (Phi) is 1.33. The number of fused-ring (bicyclic) bond motifs is 3. The summed E-state index contributed by atoms with van der Waals surface area (Å²) in [6.45, 7) is 1.87. The third-order valence-electron chi connectivity index (χ3n) is 2.59. The highest BCUT2D eigenvalue weighted by Gasteiger charge is 2.39. The highest BCUT2D eigenvalue weighted by molar-refractivity contribution is 7.20. The van der Waals surface area contributed by atoms with Gasteiger partial charge in [-0.05, 0) is 29.8 Å². The van der Waals surface area contributed by atoms with E-state index in [9.17, 15) is 5.11 Å². The van der Waals surface area contributed by atoms with Gasteiger partial charge >= 0.3 is 0 Å². The van der Waals surface area contributed by atoms with Crippen LogP contribution in [0.2, 0.25) is 0 Å². The molecule has 0 aliphatic heterocycles. The van der Waals surface area contributed by atoms with Crippen LogP contribution in [0.25, 0.3) is 9.75 Å². The van der Waals surface area contributed by atoms with Crippen molar-refractivity contribution in [3.05, 3.63) is 34.0 Å². The second kappa shape index (κ2) is 2.23. The molecule has 0 bridgehead atoms. The van der Waals surface area contributed by atoms with Crippen LogP contribution in [-0.2, 0) is 5.60 Å². The molecule has 3 rings (SSSR count). The lowest BCUT2D eigenvalue weighted by atomic mass is 9.97. The smallest absolute Gasteiger partial charge is 0.115 e. The van der Waals surface area contributed by atoms with Crippen LogP contribution >= 0.6 is 22.7 Å². The summed E-state index contributed by atoms with van der Waals surface area (Å²) in [5.41, 5.74) is 1.38. The van der Waals surface area contributed by atoms with E-state index in [4.69, 9.17) is 0 Å². The summed E-state index contributed by atoms with van der Waals surface area (Å²) in [5.74, 6) is 0. The first-order chi connectivity index (χ1) is 6.21. The Labute approximate surface area is 84.3 Å². The molecule has 1 N–H and O–H groups in total. The van der Waals surface area contributed by atoms with Crippen molar-refractivity contribution in [1.82, 2.24) is 0 Å². The Morgan fingerprint density at radius 1 is 1.08 bits per heavy atom. The molecule has 1 nitrogen and oxygen atoms in total. The Morgan fingerprint density at radius 3 is 2.00 bits per heavy atom.